The van der Waals surface area contributed by atoms with Gasteiger partial charge in [-0.3, -0.25) is 0 Å². The Labute approximate surface area is 130 Å². The quantitative estimate of drug-likeness (QED) is 0.736. The van der Waals surface area contributed by atoms with E-state index in [2.05, 4.69) is 39.9 Å². The first-order valence-electron chi connectivity index (χ1n) is 8.19. The Morgan fingerprint density at radius 1 is 1.24 bits per heavy atom. The van der Waals surface area contributed by atoms with Crippen LogP contribution in [-0.4, -0.2) is 12.6 Å². The highest BCUT2D eigenvalue weighted by Gasteiger charge is 2.19. The molecule has 0 aliphatic carbocycles. The van der Waals surface area contributed by atoms with E-state index in [0.717, 1.165) is 18.5 Å². The molecule has 1 aromatic carbocycles. The molecule has 120 valence electrons. The lowest BCUT2D eigenvalue weighted by Crippen LogP contribution is -2.33. The van der Waals surface area contributed by atoms with E-state index >= 15 is 0 Å². The summed E-state index contributed by atoms with van der Waals surface area (Å²) in [5.41, 5.74) is 2.69. The van der Waals surface area contributed by atoms with Gasteiger partial charge in [-0.2, -0.15) is 0 Å². The van der Waals surface area contributed by atoms with Gasteiger partial charge in [0.05, 0.1) is 0 Å². The maximum atomic E-state index is 13.2. The molecule has 0 saturated carbocycles. The van der Waals surface area contributed by atoms with E-state index < -0.39 is 0 Å². The highest BCUT2D eigenvalue weighted by Crippen LogP contribution is 2.27. The lowest BCUT2D eigenvalue weighted by Gasteiger charge is -2.27. The number of halogens is 1. The topological polar surface area (TPSA) is 12.0 Å². The number of hydrogen-bond acceptors (Lipinski definition) is 1. The zero-order chi connectivity index (χ0) is 16.0. The molecule has 0 aliphatic heterocycles. The van der Waals surface area contributed by atoms with Gasteiger partial charge in [0.2, 0.25) is 0 Å². The minimum Gasteiger partial charge on any atom is -0.314 e. The molecule has 0 spiro atoms. The monoisotopic (exact) mass is 293 g/mol. The predicted molar refractivity (Wildman–Crippen MR) is 90.2 cm³/mol. The molecule has 1 N–H and O–H groups in total. The first-order valence-corrected chi connectivity index (χ1v) is 8.19. The van der Waals surface area contributed by atoms with Gasteiger partial charge >= 0.3 is 0 Å². The average Bonchev–Trinajstić information content (AvgIpc) is 2.30. The summed E-state index contributed by atoms with van der Waals surface area (Å²) in [7, 11) is 0. The Kier molecular flexibility index (Phi) is 6.86. The van der Waals surface area contributed by atoms with Crippen LogP contribution in [0.4, 0.5) is 4.39 Å². The van der Waals surface area contributed by atoms with Crippen molar-refractivity contribution in [2.24, 2.45) is 11.3 Å². The van der Waals surface area contributed by atoms with Gasteiger partial charge in [0.1, 0.15) is 5.82 Å². The molecule has 1 nitrogen and oxygen atoms in total. The van der Waals surface area contributed by atoms with Crippen molar-refractivity contribution < 1.29 is 4.39 Å². The van der Waals surface area contributed by atoms with Crippen LogP contribution >= 0.6 is 0 Å². The molecule has 0 saturated heterocycles. The van der Waals surface area contributed by atoms with Gasteiger partial charge in [-0.1, -0.05) is 40.7 Å². The number of rotatable bonds is 7. The molecule has 21 heavy (non-hydrogen) atoms. The van der Waals surface area contributed by atoms with E-state index in [-0.39, 0.29) is 5.82 Å². The van der Waals surface area contributed by atoms with Gasteiger partial charge < -0.3 is 5.32 Å². The summed E-state index contributed by atoms with van der Waals surface area (Å²) in [4.78, 5) is 0. The van der Waals surface area contributed by atoms with E-state index in [9.17, 15) is 4.39 Å². The second-order valence-corrected chi connectivity index (χ2v) is 7.64. The summed E-state index contributed by atoms with van der Waals surface area (Å²) in [6.45, 7) is 14.4. The third-order valence-electron chi connectivity index (χ3n) is 3.91. The van der Waals surface area contributed by atoms with Gasteiger partial charge in [0.15, 0.2) is 0 Å². The number of benzene rings is 1. The van der Waals surface area contributed by atoms with Gasteiger partial charge in [-0.05, 0) is 67.3 Å². The molecule has 0 amide bonds. The minimum atomic E-state index is -0.141. The van der Waals surface area contributed by atoms with Crippen LogP contribution in [0.3, 0.4) is 0 Å². The first kappa shape index (κ1) is 18.2. The number of nitrogens with one attached hydrogen (secondary N) is 1. The summed E-state index contributed by atoms with van der Waals surface area (Å²) in [5, 5.41) is 3.60. The Hall–Kier alpha value is -0.890. The van der Waals surface area contributed by atoms with Gasteiger partial charge in [0, 0.05) is 6.04 Å². The Morgan fingerprint density at radius 3 is 2.43 bits per heavy atom. The van der Waals surface area contributed by atoms with Crippen molar-refractivity contribution in [1.29, 1.82) is 0 Å². The van der Waals surface area contributed by atoms with Crippen LogP contribution in [0.2, 0.25) is 0 Å². The molecule has 1 aromatic rings. The maximum Gasteiger partial charge on any atom is 0.123 e. The highest BCUT2D eigenvalue weighted by molar-refractivity contribution is 5.27. The molecule has 2 unspecified atom stereocenters. The summed E-state index contributed by atoms with van der Waals surface area (Å²) >= 11 is 0. The maximum absolute atomic E-state index is 13.2. The molecule has 2 heteroatoms. The lowest BCUT2D eigenvalue weighted by molar-refractivity contribution is 0.275. The smallest absolute Gasteiger partial charge is 0.123 e. The SMILES string of the molecule is CCNC(Cc1ccc(F)cc1C)CC(C)CC(C)(C)C. The van der Waals surface area contributed by atoms with E-state index in [1.165, 1.54) is 18.4 Å². The zero-order valence-electron chi connectivity index (χ0n) is 14.6. The second kappa shape index (κ2) is 7.93. The van der Waals surface area contributed by atoms with E-state index in [4.69, 9.17) is 0 Å². The Balaban J connectivity index is 2.68. The third kappa shape index (κ3) is 7.08. The van der Waals surface area contributed by atoms with Crippen molar-refractivity contribution >= 4 is 0 Å². The minimum absolute atomic E-state index is 0.141. The van der Waals surface area contributed by atoms with Crippen molar-refractivity contribution in [2.75, 3.05) is 6.54 Å². The molecule has 0 aromatic heterocycles. The lowest BCUT2D eigenvalue weighted by atomic mass is 9.82. The Morgan fingerprint density at radius 2 is 1.90 bits per heavy atom. The highest BCUT2D eigenvalue weighted by atomic mass is 19.1. The zero-order valence-corrected chi connectivity index (χ0v) is 14.6. The third-order valence-corrected chi connectivity index (χ3v) is 3.91. The fourth-order valence-electron chi connectivity index (χ4n) is 3.30. The fraction of sp³-hybridized carbons (Fsp3) is 0.684. The van der Waals surface area contributed by atoms with Crippen molar-refractivity contribution in [3.05, 3.63) is 35.1 Å². The molecule has 0 heterocycles. The van der Waals surface area contributed by atoms with E-state index in [0.29, 0.717) is 17.4 Å². The normalized spacial score (nSPS) is 15.0. The van der Waals surface area contributed by atoms with Crippen molar-refractivity contribution in [1.82, 2.24) is 5.32 Å². The molecule has 2 atom stereocenters. The number of likely N-dealkylation sites (N-methyl/N-ethyl adjacent to an activating group) is 1. The van der Waals surface area contributed by atoms with Crippen LogP contribution < -0.4 is 5.32 Å². The van der Waals surface area contributed by atoms with Crippen molar-refractivity contribution in [3.8, 4) is 0 Å². The summed E-state index contributed by atoms with van der Waals surface area (Å²) in [6, 6.07) is 5.61. The number of aryl methyl sites for hydroxylation is 1. The Bertz CT molecular complexity index is 434. The standard InChI is InChI=1S/C19H32FN/c1-7-21-18(10-14(2)13-19(4,5)6)12-16-8-9-17(20)11-15(16)3/h8-9,11,14,18,21H,7,10,12-13H2,1-6H3. The molecule has 0 fully saturated rings. The predicted octanol–water partition coefficient (Wildman–Crippen LogP) is 5.12. The second-order valence-electron chi connectivity index (χ2n) is 7.64. The van der Waals surface area contributed by atoms with Gasteiger partial charge in [-0.15, -0.1) is 0 Å². The summed E-state index contributed by atoms with van der Waals surface area (Å²) < 4.78 is 13.2. The molecular formula is C19H32FN. The molecule has 0 aliphatic rings. The fourth-order valence-corrected chi connectivity index (χ4v) is 3.30. The molecule has 0 radical (unpaired) electrons. The molecular weight excluding hydrogens is 261 g/mol. The van der Waals surface area contributed by atoms with Crippen LogP contribution in [0.1, 0.15) is 58.6 Å². The van der Waals surface area contributed by atoms with Crippen molar-refractivity contribution in [3.63, 3.8) is 0 Å². The molecule has 1 rings (SSSR count). The summed E-state index contributed by atoms with van der Waals surface area (Å²) in [5.74, 6) is 0.548. The van der Waals surface area contributed by atoms with Gasteiger partial charge in [-0.25, -0.2) is 4.39 Å². The largest absolute Gasteiger partial charge is 0.314 e. The average molecular weight is 293 g/mol. The molecule has 0 bridgehead atoms. The first-order chi connectivity index (χ1) is 9.71. The van der Waals surface area contributed by atoms with Crippen LogP contribution in [0.25, 0.3) is 0 Å². The van der Waals surface area contributed by atoms with Crippen LogP contribution in [0, 0.1) is 24.1 Å². The van der Waals surface area contributed by atoms with E-state index in [1.54, 1.807) is 12.1 Å². The van der Waals surface area contributed by atoms with E-state index in [1.807, 2.05) is 13.0 Å². The van der Waals surface area contributed by atoms with Crippen LogP contribution in [-0.2, 0) is 6.42 Å². The van der Waals surface area contributed by atoms with Crippen LogP contribution in [0.5, 0.6) is 0 Å². The summed E-state index contributed by atoms with van der Waals surface area (Å²) in [6.07, 6.45) is 3.38. The number of hydrogen-bond donors (Lipinski definition) is 1. The van der Waals surface area contributed by atoms with Crippen molar-refractivity contribution in [2.45, 2.75) is 66.8 Å². The van der Waals surface area contributed by atoms with Gasteiger partial charge in [0.25, 0.3) is 0 Å². The van der Waals surface area contributed by atoms with Crippen LogP contribution in [0.15, 0.2) is 18.2 Å².